The first-order chi connectivity index (χ1) is 7.29. The van der Waals surface area contributed by atoms with Crippen LogP contribution in [-0.4, -0.2) is 13.9 Å². The van der Waals surface area contributed by atoms with Gasteiger partial charge in [-0.15, -0.1) is 6.42 Å². The number of benzene rings is 1. The van der Waals surface area contributed by atoms with Crippen molar-refractivity contribution in [3.63, 3.8) is 0 Å². The highest BCUT2D eigenvalue weighted by Crippen LogP contribution is 2.28. The van der Waals surface area contributed by atoms with Crippen molar-refractivity contribution in [2.24, 2.45) is 0 Å². The standard InChI is InChI=1S/C13H16O2/c1-4-13(5-2,15-11-14-3)12-9-7-6-8-10-12/h1,6-10H,5,11H2,2-3H3/t13-/m0/s1. The molecule has 1 aromatic carbocycles. The first kappa shape index (κ1) is 11.8. The molecule has 0 heterocycles. The zero-order valence-electron chi connectivity index (χ0n) is 9.19. The molecule has 0 amide bonds. The summed E-state index contributed by atoms with van der Waals surface area (Å²) in [6.07, 6.45) is 6.28. The van der Waals surface area contributed by atoms with E-state index in [4.69, 9.17) is 15.9 Å². The number of hydrogen-bond donors (Lipinski definition) is 0. The first-order valence-corrected chi connectivity index (χ1v) is 4.95. The zero-order valence-corrected chi connectivity index (χ0v) is 9.19. The average molecular weight is 204 g/mol. The minimum Gasteiger partial charge on any atom is -0.359 e. The maximum Gasteiger partial charge on any atom is 0.156 e. The lowest BCUT2D eigenvalue weighted by atomic mass is 9.92. The lowest BCUT2D eigenvalue weighted by Gasteiger charge is -2.27. The van der Waals surface area contributed by atoms with Crippen molar-refractivity contribution in [2.75, 3.05) is 13.9 Å². The Morgan fingerprint density at radius 1 is 1.33 bits per heavy atom. The summed E-state index contributed by atoms with van der Waals surface area (Å²) in [4.78, 5) is 0. The molecule has 0 spiro atoms. The van der Waals surface area contributed by atoms with Crippen molar-refractivity contribution in [1.82, 2.24) is 0 Å². The highest BCUT2D eigenvalue weighted by atomic mass is 16.7. The topological polar surface area (TPSA) is 18.5 Å². The molecular formula is C13H16O2. The number of ether oxygens (including phenoxy) is 2. The largest absolute Gasteiger partial charge is 0.359 e. The van der Waals surface area contributed by atoms with Crippen molar-refractivity contribution >= 4 is 0 Å². The van der Waals surface area contributed by atoms with Crippen LogP contribution in [0.2, 0.25) is 0 Å². The Morgan fingerprint density at radius 3 is 2.47 bits per heavy atom. The highest BCUT2D eigenvalue weighted by molar-refractivity contribution is 5.30. The Kier molecular flexibility index (Phi) is 4.36. The summed E-state index contributed by atoms with van der Waals surface area (Å²) in [5.41, 5.74) is 0.323. The molecule has 15 heavy (non-hydrogen) atoms. The molecule has 1 aromatic rings. The van der Waals surface area contributed by atoms with Gasteiger partial charge in [-0.2, -0.15) is 0 Å². The molecule has 0 unspecified atom stereocenters. The van der Waals surface area contributed by atoms with Crippen LogP contribution in [0.4, 0.5) is 0 Å². The number of rotatable bonds is 5. The van der Waals surface area contributed by atoms with Gasteiger partial charge in [-0.1, -0.05) is 43.2 Å². The number of terminal acetylenes is 1. The van der Waals surface area contributed by atoms with E-state index in [0.717, 1.165) is 12.0 Å². The number of methoxy groups -OCH3 is 1. The highest BCUT2D eigenvalue weighted by Gasteiger charge is 2.28. The van der Waals surface area contributed by atoms with Crippen molar-refractivity contribution in [3.05, 3.63) is 35.9 Å². The quantitative estimate of drug-likeness (QED) is 0.542. The molecule has 1 atom stereocenters. The minimum atomic E-state index is -0.669. The molecule has 0 radical (unpaired) electrons. The summed E-state index contributed by atoms with van der Waals surface area (Å²) < 4.78 is 10.5. The van der Waals surface area contributed by atoms with E-state index in [1.165, 1.54) is 0 Å². The first-order valence-electron chi connectivity index (χ1n) is 4.95. The molecule has 0 aromatic heterocycles. The van der Waals surface area contributed by atoms with Crippen LogP contribution in [-0.2, 0) is 15.1 Å². The van der Waals surface area contributed by atoms with Crippen LogP contribution in [0.25, 0.3) is 0 Å². The van der Waals surface area contributed by atoms with E-state index in [1.54, 1.807) is 7.11 Å². The predicted molar refractivity (Wildman–Crippen MR) is 60.2 cm³/mol. The summed E-state index contributed by atoms with van der Waals surface area (Å²) in [5.74, 6) is 2.71. The molecule has 0 aliphatic rings. The van der Waals surface area contributed by atoms with Crippen LogP contribution in [0.1, 0.15) is 18.9 Å². The second-order valence-corrected chi connectivity index (χ2v) is 3.24. The maximum atomic E-state index is 5.60. The second kappa shape index (κ2) is 5.55. The van der Waals surface area contributed by atoms with Gasteiger partial charge in [-0.25, -0.2) is 0 Å². The Labute approximate surface area is 91.2 Å². The van der Waals surface area contributed by atoms with E-state index in [9.17, 15) is 0 Å². The van der Waals surface area contributed by atoms with Crippen LogP contribution in [0.15, 0.2) is 30.3 Å². The van der Waals surface area contributed by atoms with Crippen molar-refractivity contribution in [2.45, 2.75) is 18.9 Å². The van der Waals surface area contributed by atoms with Crippen molar-refractivity contribution < 1.29 is 9.47 Å². The maximum absolute atomic E-state index is 5.60. The zero-order chi connectivity index (χ0) is 11.1. The van der Waals surface area contributed by atoms with Gasteiger partial charge < -0.3 is 9.47 Å². The molecule has 2 heteroatoms. The van der Waals surface area contributed by atoms with Gasteiger partial charge in [-0.3, -0.25) is 0 Å². The average Bonchev–Trinajstić information content (AvgIpc) is 2.33. The molecule has 0 saturated carbocycles. The molecule has 0 N–H and O–H groups in total. The van der Waals surface area contributed by atoms with Gasteiger partial charge in [0.2, 0.25) is 0 Å². The normalized spacial score (nSPS) is 14.2. The number of hydrogen-bond acceptors (Lipinski definition) is 2. The van der Waals surface area contributed by atoms with Crippen LogP contribution in [0.5, 0.6) is 0 Å². The van der Waals surface area contributed by atoms with Gasteiger partial charge in [0.05, 0.1) is 0 Å². The molecule has 0 fully saturated rings. The fourth-order valence-corrected chi connectivity index (χ4v) is 1.48. The van der Waals surface area contributed by atoms with Crippen molar-refractivity contribution in [3.8, 4) is 12.3 Å². The summed E-state index contributed by atoms with van der Waals surface area (Å²) in [6, 6.07) is 9.80. The van der Waals surface area contributed by atoms with E-state index in [-0.39, 0.29) is 6.79 Å². The van der Waals surface area contributed by atoms with E-state index in [0.29, 0.717) is 0 Å². The third kappa shape index (κ3) is 2.59. The molecular weight excluding hydrogens is 188 g/mol. The minimum absolute atomic E-state index is 0.201. The van der Waals surface area contributed by atoms with Gasteiger partial charge in [0.1, 0.15) is 6.79 Å². The Morgan fingerprint density at radius 2 is 2.00 bits per heavy atom. The van der Waals surface area contributed by atoms with Gasteiger partial charge >= 0.3 is 0 Å². The predicted octanol–water partition coefficient (Wildman–Crippen LogP) is 2.55. The molecule has 0 aliphatic heterocycles. The SMILES string of the molecule is C#C[C@@](CC)(OCOC)c1ccccc1. The fourth-order valence-electron chi connectivity index (χ4n) is 1.48. The summed E-state index contributed by atoms with van der Waals surface area (Å²) >= 11 is 0. The molecule has 2 nitrogen and oxygen atoms in total. The molecule has 0 aliphatic carbocycles. The van der Waals surface area contributed by atoms with Crippen LogP contribution in [0.3, 0.4) is 0 Å². The lowest BCUT2D eigenvalue weighted by Crippen LogP contribution is -2.28. The van der Waals surface area contributed by atoms with E-state index in [2.05, 4.69) is 5.92 Å². The Hall–Kier alpha value is -1.30. The fraction of sp³-hybridized carbons (Fsp3) is 0.385. The molecule has 0 saturated heterocycles. The van der Waals surface area contributed by atoms with Crippen LogP contribution in [0, 0.1) is 12.3 Å². The van der Waals surface area contributed by atoms with Gasteiger partial charge in [-0.05, 0) is 12.0 Å². The molecule has 1 rings (SSSR count). The van der Waals surface area contributed by atoms with Gasteiger partial charge in [0, 0.05) is 7.11 Å². The second-order valence-electron chi connectivity index (χ2n) is 3.24. The van der Waals surface area contributed by atoms with Crippen LogP contribution < -0.4 is 0 Å². The Bertz CT molecular complexity index is 326. The van der Waals surface area contributed by atoms with Crippen molar-refractivity contribution in [1.29, 1.82) is 0 Å². The third-order valence-electron chi connectivity index (χ3n) is 2.39. The summed E-state index contributed by atoms with van der Waals surface area (Å²) in [5, 5.41) is 0. The van der Waals surface area contributed by atoms with E-state index < -0.39 is 5.60 Å². The smallest absolute Gasteiger partial charge is 0.156 e. The molecule has 80 valence electrons. The van der Waals surface area contributed by atoms with Gasteiger partial charge in [0.25, 0.3) is 0 Å². The van der Waals surface area contributed by atoms with Crippen LogP contribution >= 0.6 is 0 Å². The van der Waals surface area contributed by atoms with Gasteiger partial charge in [0.15, 0.2) is 5.60 Å². The van der Waals surface area contributed by atoms with E-state index >= 15 is 0 Å². The third-order valence-corrected chi connectivity index (χ3v) is 2.39. The summed E-state index contributed by atoms with van der Waals surface area (Å²) in [7, 11) is 1.59. The summed E-state index contributed by atoms with van der Waals surface area (Å²) in [6.45, 7) is 2.20. The van der Waals surface area contributed by atoms with E-state index in [1.807, 2.05) is 37.3 Å². The Balaban J connectivity index is 2.96. The molecule has 0 bridgehead atoms. The monoisotopic (exact) mass is 204 g/mol. The lowest BCUT2D eigenvalue weighted by molar-refractivity contribution is -0.108.